The maximum atomic E-state index is 11.4. The van der Waals surface area contributed by atoms with Gasteiger partial charge in [0, 0.05) is 56.9 Å². The average molecular weight is 468 g/mol. The fraction of sp³-hybridized carbons (Fsp3) is 0.500. The van der Waals surface area contributed by atoms with E-state index in [9.17, 15) is 9.90 Å². The first-order valence-electron chi connectivity index (χ1n) is 11.4. The Morgan fingerprint density at radius 3 is 2.79 bits per heavy atom. The highest BCUT2D eigenvalue weighted by Crippen LogP contribution is 2.29. The lowest BCUT2D eigenvalue weighted by atomic mass is 9.90. The number of anilines is 4. The Morgan fingerprint density at radius 1 is 1.29 bits per heavy atom. The second kappa shape index (κ2) is 9.03. The molecule has 0 bridgehead atoms. The third-order valence-corrected chi connectivity index (χ3v) is 6.64. The first kappa shape index (κ1) is 22.3. The first-order valence-corrected chi connectivity index (χ1v) is 11.4. The molecule has 0 aromatic carbocycles. The Bertz CT molecular complexity index is 1080. The number of nitrogens with zero attached hydrogens (tertiary/aromatic N) is 5. The molecule has 3 aliphatic rings. The number of nitrogens with two attached hydrogens (primary N) is 1. The quantitative estimate of drug-likeness (QED) is 0.307. The Morgan fingerprint density at radius 2 is 2.12 bits per heavy atom. The second-order valence-corrected chi connectivity index (χ2v) is 9.00. The van der Waals surface area contributed by atoms with Crippen LogP contribution in [0.25, 0.3) is 0 Å². The SMILES string of the molecule is N=C(c1cnc(Nc2ccnc(N3CCC4(CC3)CNC(=O)CO4)n2)cc1N)N1CCC(O)C1. The van der Waals surface area contributed by atoms with E-state index in [2.05, 4.69) is 30.5 Å². The number of hydrogen-bond donors (Lipinski definition) is 5. The lowest BCUT2D eigenvalue weighted by molar-refractivity contribution is -0.146. The number of morpholine rings is 1. The van der Waals surface area contributed by atoms with Crippen LogP contribution in [-0.4, -0.2) is 87.7 Å². The summed E-state index contributed by atoms with van der Waals surface area (Å²) in [5.41, 5.74) is 6.87. The van der Waals surface area contributed by atoms with Crippen molar-refractivity contribution in [2.75, 3.05) is 55.3 Å². The number of nitrogen functional groups attached to an aromatic ring is 1. The van der Waals surface area contributed by atoms with Crippen molar-refractivity contribution >= 4 is 35.0 Å². The number of amides is 1. The number of piperidine rings is 1. The van der Waals surface area contributed by atoms with Gasteiger partial charge < -0.3 is 36.0 Å². The number of likely N-dealkylation sites (tertiary alicyclic amines) is 1. The summed E-state index contributed by atoms with van der Waals surface area (Å²) in [6.07, 6.45) is 5.07. The minimum absolute atomic E-state index is 0.0656. The van der Waals surface area contributed by atoms with Crippen LogP contribution in [0.2, 0.25) is 0 Å². The molecule has 3 aliphatic heterocycles. The number of aliphatic hydroxyl groups excluding tert-OH is 1. The van der Waals surface area contributed by atoms with Gasteiger partial charge in [0.2, 0.25) is 11.9 Å². The molecule has 6 N–H and O–H groups in total. The number of pyridine rings is 1. The van der Waals surface area contributed by atoms with Crippen molar-refractivity contribution in [3.05, 3.63) is 30.1 Å². The van der Waals surface area contributed by atoms with Crippen LogP contribution in [0.3, 0.4) is 0 Å². The number of nitrogens with one attached hydrogen (secondary N) is 3. The molecule has 5 heterocycles. The zero-order valence-corrected chi connectivity index (χ0v) is 18.8. The van der Waals surface area contributed by atoms with Gasteiger partial charge in [-0.3, -0.25) is 10.2 Å². The topological polar surface area (TPSA) is 166 Å². The predicted molar refractivity (Wildman–Crippen MR) is 126 cm³/mol. The summed E-state index contributed by atoms with van der Waals surface area (Å²) >= 11 is 0. The molecule has 12 nitrogen and oxygen atoms in total. The number of hydrogen-bond acceptors (Lipinski definition) is 10. The standard InChI is InChI=1S/C22H29N9O3/c23-16-9-18(26-10-15(16)20(24)31-6-2-14(32)11-31)28-17-1-5-25-21(29-17)30-7-3-22(4-8-30)13-27-19(33)12-34-22/h1,5,9-10,14,24,32H,2-4,6-8,11-13H2,(H,27,33)(H3,23,25,26,28,29). The number of β-amino-alcohol motifs (C(OH)–C–C–N with tert-alkyl or cyclic N) is 1. The molecule has 1 atom stereocenters. The van der Waals surface area contributed by atoms with Crippen molar-refractivity contribution in [1.82, 2.24) is 25.2 Å². The molecular weight excluding hydrogens is 438 g/mol. The summed E-state index contributed by atoms with van der Waals surface area (Å²) in [6.45, 7) is 3.17. The summed E-state index contributed by atoms with van der Waals surface area (Å²) < 4.78 is 5.84. The Hall–Kier alpha value is -3.51. The number of aliphatic hydroxyl groups is 1. The largest absolute Gasteiger partial charge is 0.398 e. The Kier molecular flexibility index (Phi) is 5.92. The van der Waals surface area contributed by atoms with Crippen LogP contribution in [0.1, 0.15) is 24.8 Å². The van der Waals surface area contributed by atoms with Crippen molar-refractivity contribution in [3.8, 4) is 0 Å². The van der Waals surface area contributed by atoms with Gasteiger partial charge >= 0.3 is 0 Å². The van der Waals surface area contributed by atoms with Gasteiger partial charge in [-0.1, -0.05) is 0 Å². The average Bonchev–Trinajstić information content (AvgIpc) is 3.28. The molecule has 2 aromatic heterocycles. The van der Waals surface area contributed by atoms with Crippen LogP contribution in [0.5, 0.6) is 0 Å². The number of rotatable bonds is 4. The molecule has 0 saturated carbocycles. The second-order valence-electron chi connectivity index (χ2n) is 9.00. The third-order valence-electron chi connectivity index (χ3n) is 6.64. The van der Waals surface area contributed by atoms with Gasteiger partial charge in [0.25, 0.3) is 0 Å². The smallest absolute Gasteiger partial charge is 0.246 e. The number of amidine groups is 1. The highest BCUT2D eigenvalue weighted by atomic mass is 16.5. The van der Waals surface area contributed by atoms with E-state index in [0.29, 0.717) is 54.9 Å². The van der Waals surface area contributed by atoms with Gasteiger partial charge in [-0.15, -0.1) is 0 Å². The van der Waals surface area contributed by atoms with Crippen molar-refractivity contribution in [2.24, 2.45) is 0 Å². The van der Waals surface area contributed by atoms with Gasteiger partial charge in [-0.05, 0) is 25.3 Å². The van der Waals surface area contributed by atoms with Gasteiger partial charge in [-0.25, -0.2) is 9.97 Å². The van der Waals surface area contributed by atoms with Gasteiger partial charge in [-0.2, -0.15) is 4.98 Å². The number of carbonyl (C=O) groups is 1. The van der Waals surface area contributed by atoms with Crippen molar-refractivity contribution in [3.63, 3.8) is 0 Å². The predicted octanol–water partition coefficient (Wildman–Crippen LogP) is 0.0748. The molecule has 2 aromatic rings. The van der Waals surface area contributed by atoms with Crippen LogP contribution in [-0.2, 0) is 9.53 Å². The van der Waals surface area contributed by atoms with E-state index in [-0.39, 0.29) is 24.0 Å². The number of ether oxygens (including phenoxy) is 1. The molecule has 12 heteroatoms. The highest BCUT2D eigenvalue weighted by Gasteiger charge is 2.39. The molecular formula is C22H29N9O3. The van der Waals surface area contributed by atoms with E-state index in [1.54, 1.807) is 29.4 Å². The maximum Gasteiger partial charge on any atom is 0.246 e. The van der Waals surface area contributed by atoms with E-state index in [4.69, 9.17) is 15.9 Å². The number of carbonyl (C=O) groups excluding carboxylic acids is 1. The Labute approximate surface area is 197 Å². The summed E-state index contributed by atoms with van der Waals surface area (Å²) in [4.78, 5) is 28.8. The summed E-state index contributed by atoms with van der Waals surface area (Å²) in [6, 6.07) is 3.44. The van der Waals surface area contributed by atoms with Crippen molar-refractivity contribution < 1.29 is 14.6 Å². The third kappa shape index (κ3) is 4.59. The van der Waals surface area contributed by atoms with Gasteiger partial charge in [0.1, 0.15) is 24.1 Å². The molecule has 180 valence electrons. The molecule has 1 spiro atoms. The lowest BCUT2D eigenvalue weighted by Crippen LogP contribution is -2.57. The monoisotopic (exact) mass is 467 g/mol. The zero-order chi connectivity index (χ0) is 23.7. The van der Waals surface area contributed by atoms with Gasteiger partial charge in [0.05, 0.1) is 17.3 Å². The lowest BCUT2D eigenvalue weighted by Gasteiger charge is -2.43. The minimum atomic E-state index is -0.413. The summed E-state index contributed by atoms with van der Waals surface area (Å²) in [7, 11) is 0. The summed E-state index contributed by atoms with van der Waals surface area (Å²) in [5, 5.41) is 24.2. The van der Waals surface area contributed by atoms with Crippen LogP contribution >= 0.6 is 0 Å². The van der Waals surface area contributed by atoms with Crippen LogP contribution in [0.4, 0.5) is 23.3 Å². The van der Waals surface area contributed by atoms with E-state index in [0.717, 1.165) is 25.9 Å². The van der Waals surface area contributed by atoms with E-state index < -0.39 is 6.10 Å². The van der Waals surface area contributed by atoms with E-state index in [1.165, 1.54) is 0 Å². The van der Waals surface area contributed by atoms with Gasteiger partial charge in [0.15, 0.2) is 0 Å². The molecule has 1 amide bonds. The minimum Gasteiger partial charge on any atom is -0.398 e. The maximum absolute atomic E-state index is 11.4. The van der Waals surface area contributed by atoms with Crippen LogP contribution in [0, 0.1) is 5.41 Å². The van der Waals surface area contributed by atoms with E-state index >= 15 is 0 Å². The highest BCUT2D eigenvalue weighted by molar-refractivity contribution is 6.01. The van der Waals surface area contributed by atoms with Crippen LogP contribution < -0.4 is 21.3 Å². The van der Waals surface area contributed by atoms with E-state index in [1.807, 2.05) is 0 Å². The molecule has 34 heavy (non-hydrogen) atoms. The molecule has 0 aliphatic carbocycles. The molecule has 0 radical (unpaired) electrons. The summed E-state index contributed by atoms with van der Waals surface area (Å²) in [5.74, 6) is 1.91. The fourth-order valence-corrected chi connectivity index (χ4v) is 4.57. The van der Waals surface area contributed by atoms with Crippen molar-refractivity contribution in [2.45, 2.75) is 31.0 Å². The molecule has 3 fully saturated rings. The molecule has 5 rings (SSSR count). The Balaban J connectivity index is 1.23. The van der Waals surface area contributed by atoms with Crippen molar-refractivity contribution in [1.29, 1.82) is 5.41 Å². The van der Waals surface area contributed by atoms with Crippen LogP contribution in [0.15, 0.2) is 24.5 Å². The fourth-order valence-electron chi connectivity index (χ4n) is 4.57. The zero-order valence-electron chi connectivity index (χ0n) is 18.8. The first-order chi connectivity index (χ1) is 16.4. The molecule has 3 saturated heterocycles. The number of aromatic nitrogens is 3. The molecule has 1 unspecified atom stereocenters. The normalized spacial score (nSPS) is 22.0.